The van der Waals surface area contributed by atoms with Crippen LogP contribution in [0.4, 0.5) is 5.69 Å². The van der Waals surface area contributed by atoms with E-state index in [0.29, 0.717) is 30.4 Å². The maximum atomic E-state index is 12.2. The number of carbonyl (C=O) groups excluding carboxylic acids is 2. The average Bonchev–Trinajstić information content (AvgIpc) is 2.79. The van der Waals surface area contributed by atoms with Gasteiger partial charge in [0.05, 0.1) is 19.4 Å². The Balaban J connectivity index is 1.61. The highest BCUT2D eigenvalue weighted by molar-refractivity contribution is 6.05. The Morgan fingerprint density at radius 3 is 2.47 bits per heavy atom. The summed E-state index contributed by atoms with van der Waals surface area (Å²) in [6, 6.07) is 18.7. The smallest absolute Gasteiger partial charge is 0.249 e. The number of nitrogens with one attached hydrogen (secondary N) is 2. The number of benzene rings is 3. The van der Waals surface area contributed by atoms with Gasteiger partial charge in [0.15, 0.2) is 0 Å². The van der Waals surface area contributed by atoms with Gasteiger partial charge in [-0.2, -0.15) is 5.10 Å². The van der Waals surface area contributed by atoms with Gasteiger partial charge in [0.2, 0.25) is 11.8 Å². The molecule has 0 saturated heterocycles. The molecular formula is C25H27N3O4. The molecule has 0 heterocycles. The Labute approximate surface area is 187 Å². The fourth-order valence-corrected chi connectivity index (χ4v) is 3.11. The van der Waals surface area contributed by atoms with E-state index in [-0.39, 0.29) is 6.42 Å². The van der Waals surface area contributed by atoms with Crippen LogP contribution in [-0.2, 0) is 9.59 Å². The summed E-state index contributed by atoms with van der Waals surface area (Å²) < 4.78 is 11.2. The van der Waals surface area contributed by atoms with Gasteiger partial charge < -0.3 is 14.8 Å². The third-order valence-corrected chi connectivity index (χ3v) is 4.55. The van der Waals surface area contributed by atoms with Crippen LogP contribution in [0.5, 0.6) is 11.5 Å². The molecule has 0 saturated carbocycles. The van der Waals surface area contributed by atoms with Gasteiger partial charge in [-0.25, -0.2) is 5.43 Å². The van der Waals surface area contributed by atoms with Gasteiger partial charge in [0.25, 0.3) is 0 Å². The van der Waals surface area contributed by atoms with E-state index >= 15 is 0 Å². The number of hydrogen-bond acceptors (Lipinski definition) is 5. The number of carbonyl (C=O) groups is 2. The zero-order chi connectivity index (χ0) is 22.8. The second kappa shape index (κ2) is 11.5. The Hall–Kier alpha value is -3.87. The number of ether oxygens (including phenoxy) is 2. The lowest BCUT2D eigenvalue weighted by molar-refractivity contribution is -0.126. The van der Waals surface area contributed by atoms with E-state index < -0.39 is 11.8 Å². The van der Waals surface area contributed by atoms with Crippen molar-refractivity contribution in [3.05, 3.63) is 66.2 Å². The van der Waals surface area contributed by atoms with Crippen LogP contribution in [0.15, 0.2) is 65.8 Å². The lowest BCUT2D eigenvalue weighted by Crippen LogP contribution is -2.24. The van der Waals surface area contributed by atoms with Gasteiger partial charge in [-0.1, -0.05) is 37.3 Å². The van der Waals surface area contributed by atoms with Crippen LogP contribution in [0.25, 0.3) is 10.8 Å². The number of hydrazone groups is 1. The second-order valence-corrected chi connectivity index (χ2v) is 7.02. The molecule has 3 aromatic carbocycles. The molecule has 3 aromatic rings. The fourth-order valence-electron chi connectivity index (χ4n) is 3.11. The van der Waals surface area contributed by atoms with Gasteiger partial charge in [-0.05, 0) is 54.4 Å². The summed E-state index contributed by atoms with van der Waals surface area (Å²) in [5.41, 5.74) is 3.78. The van der Waals surface area contributed by atoms with Gasteiger partial charge >= 0.3 is 0 Å². The molecule has 2 N–H and O–H groups in total. The summed E-state index contributed by atoms with van der Waals surface area (Å²) >= 11 is 0. The second-order valence-electron chi connectivity index (χ2n) is 7.02. The van der Waals surface area contributed by atoms with E-state index in [1.807, 2.05) is 50.2 Å². The third-order valence-electron chi connectivity index (χ3n) is 4.55. The van der Waals surface area contributed by atoms with Crippen molar-refractivity contribution in [1.82, 2.24) is 5.43 Å². The Kier molecular flexibility index (Phi) is 8.20. The molecule has 0 aliphatic heterocycles. The van der Waals surface area contributed by atoms with Gasteiger partial charge in [0, 0.05) is 11.3 Å². The Morgan fingerprint density at radius 1 is 0.938 bits per heavy atom. The molecule has 0 atom stereocenters. The summed E-state index contributed by atoms with van der Waals surface area (Å²) in [6.45, 7) is 5.08. The van der Waals surface area contributed by atoms with Crippen molar-refractivity contribution >= 4 is 34.5 Å². The van der Waals surface area contributed by atoms with Crippen LogP contribution in [0, 0.1) is 0 Å². The van der Waals surface area contributed by atoms with E-state index in [2.05, 4.69) is 15.8 Å². The standard InChI is InChI=1S/C25H27N3O4/c1-3-15-32-23-14-9-18-7-5-6-8-21(18)22(23)17-26-28-25(30)16-24(29)27-19-10-12-20(13-11-19)31-4-2/h5-14,17H,3-4,15-16H2,1-2H3,(H,27,29)(H,28,30). The van der Waals surface area contributed by atoms with Crippen molar-refractivity contribution in [1.29, 1.82) is 0 Å². The monoisotopic (exact) mass is 433 g/mol. The summed E-state index contributed by atoms with van der Waals surface area (Å²) in [6.07, 6.45) is 2.08. The topological polar surface area (TPSA) is 89.0 Å². The molecule has 0 unspecified atom stereocenters. The van der Waals surface area contributed by atoms with Gasteiger partial charge in [0.1, 0.15) is 17.9 Å². The zero-order valence-electron chi connectivity index (χ0n) is 18.3. The Morgan fingerprint density at radius 2 is 1.72 bits per heavy atom. The van der Waals surface area contributed by atoms with E-state index in [0.717, 1.165) is 22.8 Å². The lowest BCUT2D eigenvalue weighted by Gasteiger charge is -2.11. The fraction of sp³-hybridized carbons (Fsp3) is 0.240. The molecule has 0 aromatic heterocycles. The third kappa shape index (κ3) is 6.31. The predicted molar refractivity (Wildman–Crippen MR) is 126 cm³/mol. The molecule has 0 spiro atoms. The largest absolute Gasteiger partial charge is 0.494 e. The van der Waals surface area contributed by atoms with Crippen LogP contribution >= 0.6 is 0 Å². The van der Waals surface area contributed by atoms with Crippen molar-refractivity contribution in [2.75, 3.05) is 18.5 Å². The van der Waals surface area contributed by atoms with Crippen LogP contribution in [0.1, 0.15) is 32.3 Å². The molecule has 0 bridgehead atoms. The molecule has 0 fully saturated rings. The molecule has 32 heavy (non-hydrogen) atoms. The minimum Gasteiger partial charge on any atom is -0.494 e. The van der Waals surface area contributed by atoms with Crippen molar-refractivity contribution in [2.24, 2.45) is 5.10 Å². The van der Waals surface area contributed by atoms with Crippen molar-refractivity contribution in [3.8, 4) is 11.5 Å². The minimum atomic E-state index is -0.513. The van der Waals surface area contributed by atoms with Crippen LogP contribution in [-0.4, -0.2) is 31.2 Å². The number of nitrogens with zero attached hydrogens (tertiary/aromatic N) is 1. The molecule has 7 nitrogen and oxygen atoms in total. The SMILES string of the molecule is CCCOc1ccc2ccccc2c1C=NNC(=O)CC(=O)Nc1ccc(OCC)cc1. The number of rotatable bonds is 10. The highest BCUT2D eigenvalue weighted by atomic mass is 16.5. The summed E-state index contributed by atoms with van der Waals surface area (Å²) in [5.74, 6) is 0.463. The molecule has 7 heteroatoms. The first kappa shape index (κ1) is 22.8. The van der Waals surface area contributed by atoms with E-state index in [9.17, 15) is 9.59 Å². The summed E-state index contributed by atoms with van der Waals surface area (Å²) in [7, 11) is 0. The first-order valence-electron chi connectivity index (χ1n) is 10.6. The molecule has 3 rings (SSSR count). The highest BCUT2D eigenvalue weighted by Crippen LogP contribution is 2.26. The minimum absolute atomic E-state index is 0.348. The highest BCUT2D eigenvalue weighted by Gasteiger charge is 2.10. The maximum absolute atomic E-state index is 12.2. The number of fused-ring (bicyclic) bond motifs is 1. The van der Waals surface area contributed by atoms with Crippen LogP contribution in [0.3, 0.4) is 0 Å². The number of hydrogen-bond donors (Lipinski definition) is 2. The van der Waals surface area contributed by atoms with Crippen LogP contribution in [0.2, 0.25) is 0 Å². The molecule has 166 valence electrons. The van der Waals surface area contributed by atoms with E-state index in [1.54, 1.807) is 30.5 Å². The van der Waals surface area contributed by atoms with Crippen molar-refractivity contribution < 1.29 is 19.1 Å². The first-order chi connectivity index (χ1) is 15.6. The molecule has 0 radical (unpaired) electrons. The number of amides is 2. The van der Waals surface area contributed by atoms with Crippen molar-refractivity contribution in [3.63, 3.8) is 0 Å². The van der Waals surface area contributed by atoms with Crippen LogP contribution < -0.4 is 20.2 Å². The van der Waals surface area contributed by atoms with E-state index in [1.165, 1.54) is 0 Å². The van der Waals surface area contributed by atoms with E-state index in [4.69, 9.17) is 9.47 Å². The summed E-state index contributed by atoms with van der Waals surface area (Å²) in [5, 5.41) is 8.74. The number of anilines is 1. The average molecular weight is 434 g/mol. The molecular weight excluding hydrogens is 406 g/mol. The van der Waals surface area contributed by atoms with Gasteiger partial charge in [-0.15, -0.1) is 0 Å². The molecule has 0 aliphatic carbocycles. The summed E-state index contributed by atoms with van der Waals surface area (Å²) in [4.78, 5) is 24.3. The maximum Gasteiger partial charge on any atom is 0.249 e. The predicted octanol–water partition coefficient (Wildman–Crippen LogP) is 4.51. The molecule has 0 aliphatic rings. The zero-order valence-corrected chi connectivity index (χ0v) is 18.3. The molecule has 2 amide bonds. The normalized spacial score (nSPS) is 10.8. The Bertz CT molecular complexity index is 1090. The quantitative estimate of drug-likeness (QED) is 0.280. The van der Waals surface area contributed by atoms with Crippen molar-refractivity contribution in [2.45, 2.75) is 26.7 Å². The first-order valence-corrected chi connectivity index (χ1v) is 10.6. The lowest BCUT2D eigenvalue weighted by atomic mass is 10.0. The van der Waals surface area contributed by atoms with Gasteiger partial charge in [-0.3, -0.25) is 9.59 Å².